The number of carbonyl (C=O) groups is 1. The molecule has 0 saturated carbocycles. The summed E-state index contributed by atoms with van der Waals surface area (Å²) in [5, 5.41) is 3.04. The highest BCUT2D eigenvalue weighted by molar-refractivity contribution is 6.10. The molecule has 0 fully saturated rings. The minimum atomic E-state index is -0.222. The Balaban J connectivity index is 2.24. The molecule has 0 radical (unpaired) electrons. The van der Waals surface area contributed by atoms with Crippen molar-refractivity contribution in [3.63, 3.8) is 0 Å². The molecule has 0 atom stereocenters. The van der Waals surface area contributed by atoms with Crippen LogP contribution in [-0.4, -0.2) is 22.9 Å². The third-order valence-corrected chi connectivity index (χ3v) is 4.36. The van der Waals surface area contributed by atoms with E-state index in [1.807, 2.05) is 6.92 Å². The van der Waals surface area contributed by atoms with Gasteiger partial charge in [0.25, 0.3) is 0 Å². The largest absolute Gasteiger partial charge is 0.497 e. The van der Waals surface area contributed by atoms with Crippen molar-refractivity contribution < 1.29 is 9.53 Å². The number of ketones is 1. The van der Waals surface area contributed by atoms with Crippen molar-refractivity contribution in [2.24, 2.45) is 5.73 Å². The fourth-order valence-corrected chi connectivity index (χ4v) is 2.80. The van der Waals surface area contributed by atoms with Gasteiger partial charge in [-0.1, -0.05) is 18.7 Å². The summed E-state index contributed by atoms with van der Waals surface area (Å²) in [5.41, 5.74) is 9.92. The summed E-state index contributed by atoms with van der Waals surface area (Å²) in [6.45, 7) is 9.07. The van der Waals surface area contributed by atoms with Gasteiger partial charge in [-0.05, 0) is 62.8 Å². The molecular weight excluding hydrogens is 352 g/mol. The second-order valence-corrected chi connectivity index (χ2v) is 6.79. The lowest BCUT2D eigenvalue weighted by atomic mass is 10.1. The van der Waals surface area contributed by atoms with Crippen molar-refractivity contribution in [3.05, 3.63) is 71.2 Å². The second-order valence-electron chi connectivity index (χ2n) is 6.79. The molecule has 6 heteroatoms. The molecule has 1 aliphatic rings. The van der Waals surface area contributed by atoms with Crippen LogP contribution in [0.15, 0.2) is 65.5 Å². The molecule has 0 saturated heterocycles. The number of rotatable bonds is 8. The summed E-state index contributed by atoms with van der Waals surface area (Å²) < 4.78 is 5.24. The van der Waals surface area contributed by atoms with E-state index in [0.29, 0.717) is 22.8 Å². The van der Waals surface area contributed by atoms with Gasteiger partial charge in [0.1, 0.15) is 17.3 Å². The van der Waals surface area contributed by atoms with Gasteiger partial charge in [-0.25, -0.2) is 4.98 Å². The first-order chi connectivity index (χ1) is 13.3. The maximum atomic E-state index is 12.9. The number of hydrogen-bond acceptors (Lipinski definition) is 6. The normalized spacial score (nSPS) is 15.6. The third kappa shape index (κ3) is 5.42. The van der Waals surface area contributed by atoms with E-state index in [0.717, 1.165) is 30.5 Å². The van der Waals surface area contributed by atoms with Crippen LogP contribution in [-0.2, 0) is 9.53 Å². The Morgan fingerprint density at radius 3 is 2.61 bits per heavy atom. The van der Waals surface area contributed by atoms with Crippen LogP contribution in [0.3, 0.4) is 0 Å². The molecule has 1 aliphatic carbocycles. The fourth-order valence-electron chi connectivity index (χ4n) is 2.80. The lowest BCUT2D eigenvalue weighted by Gasteiger charge is -2.12. The van der Waals surface area contributed by atoms with E-state index in [4.69, 9.17) is 10.5 Å². The van der Waals surface area contributed by atoms with Crippen LogP contribution in [0.25, 0.3) is 5.57 Å². The van der Waals surface area contributed by atoms with Crippen molar-refractivity contribution in [3.8, 4) is 0 Å². The van der Waals surface area contributed by atoms with Crippen LogP contribution >= 0.6 is 0 Å². The van der Waals surface area contributed by atoms with E-state index < -0.39 is 0 Å². The Hall–Kier alpha value is -3.15. The van der Waals surface area contributed by atoms with E-state index in [-0.39, 0.29) is 11.5 Å². The van der Waals surface area contributed by atoms with Crippen LogP contribution in [0.2, 0.25) is 0 Å². The number of Topliss-reactive ketones (excluding diaryl/α,β-unsaturated/α-hetero) is 1. The van der Waals surface area contributed by atoms with Crippen molar-refractivity contribution in [2.45, 2.75) is 40.0 Å². The van der Waals surface area contributed by atoms with E-state index in [2.05, 4.69) is 27.9 Å². The maximum absolute atomic E-state index is 12.9. The molecule has 2 rings (SSSR count). The Morgan fingerprint density at radius 1 is 1.29 bits per heavy atom. The summed E-state index contributed by atoms with van der Waals surface area (Å²) in [6, 6.07) is 0. The average Bonchev–Trinajstić information content (AvgIpc) is 3.20. The first kappa shape index (κ1) is 21.2. The van der Waals surface area contributed by atoms with Crippen molar-refractivity contribution in [1.82, 2.24) is 9.97 Å². The van der Waals surface area contributed by atoms with Gasteiger partial charge < -0.3 is 15.8 Å². The van der Waals surface area contributed by atoms with Crippen molar-refractivity contribution in [1.29, 1.82) is 0 Å². The summed E-state index contributed by atoms with van der Waals surface area (Å²) in [6.07, 6.45) is 12.1. The van der Waals surface area contributed by atoms with E-state index in [1.165, 1.54) is 5.57 Å². The predicted molar refractivity (Wildman–Crippen MR) is 113 cm³/mol. The van der Waals surface area contributed by atoms with Crippen molar-refractivity contribution in [2.75, 3.05) is 12.4 Å². The number of nitrogens with one attached hydrogen (secondary N) is 1. The zero-order chi connectivity index (χ0) is 20.7. The van der Waals surface area contributed by atoms with Gasteiger partial charge in [0.05, 0.1) is 25.2 Å². The van der Waals surface area contributed by atoms with Gasteiger partial charge in [-0.15, -0.1) is 0 Å². The zero-order valence-corrected chi connectivity index (χ0v) is 17.0. The highest BCUT2D eigenvalue weighted by Crippen LogP contribution is 2.26. The van der Waals surface area contributed by atoms with Crippen LogP contribution in [0.5, 0.6) is 0 Å². The zero-order valence-electron chi connectivity index (χ0n) is 17.0. The number of methoxy groups -OCH3 is 1. The summed E-state index contributed by atoms with van der Waals surface area (Å²) in [7, 11) is 1.56. The lowest BCUT2D eigenvalue weighted by Crippen LogP contribution is -2.18. The minimum Gasteiger partial charge on any atom is -0.497 e. The second kappa shape index (κ2) is 9.69. The Morgan fingerprint density at radius 2 is 2.04 bits per heavy atom. The van der Waals surface area contributed by atoms with Gasteiger partial charge in [-0.2, -0.15) is 0 Å². The standard InChI is InChI=1S/C22H28N4O2/c1-14(2)19(28-5)11-10-15(3)22(27)21(16(4)23)26-20-13-24-12-18(25-20)17-8-6-7-9-17/h8,10-13H,1,6-7,9,23H2,2-5H3,(H,25,26)/b15-10+,19-11+,21-16?. The molecule has 1 aromatic rings. The number of carbonyl (C=O) groups excluding carboxylic acids is 1. The molecule has 3 N–H and O–H groups in total. The molecule has 0 aromatic carbocycles. The Bertz CT molecular complexity index is 888. The molecule has 148 valence electrons. The molecular formula is C22H28N4O2. The molecule has 6 nitrogen and oxygen atoms in total. The van der Waals surface area contributed by atoms with Crippen LogP contribution < -0.4 is 11.1 Å². The molecule has 0 bridgehead atoms. The number of allylic oxidation sites excluding steroid dienone is 7. The number of ether oxygens (including phenoxy) is 1. The SMILES string of the molecule is C=C(C)/C(=C\C=C(/C)C(=O)C(Nc1cncc(C2=CCCC2)n1)=C(C)N)OC. The lowest BCUT2D eigenvalue weighted by molar-refractivity contribution is -0.112. The maximum Gasteiger partial charge on any atom is 0.206 e. The van der Waals surface area contributed by atoms with Gasteiger partial charge in [0, 0.05) is 5.70 Å². The summed E-state index contributed by atoms with van der Waals surface area (Å²) >= 11 is 0. The molecule has 0 amide bonds. The molecule has 1 aromatic heterocycles. The van der Waals surface area contributed by atoms with Gasteiger partial charge >= 0.3 is 0 Å². The van der Waals surface area contributed by atoms with Crippen LogP contribution in [0.4, 0.5) is 5.82 Å². The van der Waals surface area contributed by atoms with E-state index in [1.54, 1.807) is 45.5 Å². The number of nitrogens with zero attached hydrogens (tertiary/aromatic N) is 2. The van der Waals surface area contributed by atoms with Gasteiger partial charge in [-0.3, -0.25) is 9.78 Å². The smallest absolute Gasteiger partial charge is 0.206 e. The monoisotopic (exact) mass is 380 g/mol. The third-order valence-electron chi connectivity index (χ3n) is 4.36. The molecule has 0 spiro atoms. The average molecular weight is 380 g/mol. The number of hydrogen-bond donors (Lipinski definition) is 2. The number of aromatic nitrogens is 2. The van der Waals surface area contributed by atoms with E-state index in [9.17, 15) is 4.79 Å². The Labute approximate surface area is 166 Å². The molecule has 1 heterocycles. The summed E-state index contributed by atoms with van der Waals surface area (Å²) in [4.78, 5) is 21.7. The number of anilines is 1. The van der Waals surface area contributed by atoms with E-state index >= 15 is 0 Å². The van der Waals surface area contributed by atoms with Crippen LogP contribution in [0, 0.1) is 0 Å². The Kier molecular flexibility index (Phi) is 7.32. The topological polar surface area (TPSA) is 90.1 Å². The highest BCUT2D eigenvalue weighted by Gasteiger charge is 2.16. The first-order valence-corrected chi connectivity index (χ1v) is 9.21. The molecule has 28 heavy (non-hydrogen) atoms. The minimum absolute atomic E-state index is 0.222. The van der Waals surface area contributed by atoms with Crippen LogP contribution in [0.1, 0.15) is 45.7 Å². The molecule has 0 aliphatic heterocycles. The quantitative estimate of drug-likeness (QED) is 0.398. The van der Waals surface area contributed by atoms with Gasteiger partial charge in [0.2, 0.25) is 5.78 Å². The first-order valence-electron chi connectivity index (χ1n) is 9.21. The fraction of sp³-hybridized carbons (Fsp3) is 0.318. The summed E-state index contributed by atoms with van der Waals surface area (Å²) in [5.74, 6) is 0.875. The predicted octanol–water partition coefficient (Wildman–Crippen LogP) is 4.27. The van der Waals surface area contributed by atoms with Crippen molar-refractivity contribution >= 4 is 17.2 Å². The molecule has 0 unspecified atom stereocenters. The number of nitrogens with two attached hydrogens (primary N) is 1. The van der Waals surface area contributed by atoms with Gasteiger partial charge in [0.15, 0.2) is 0 Å². The highest BCUT2D eigenvalue weighted by atomic mass is 16.5.